The fourth-order valence-corrected chi connectivity index (χ4v) is 4.66. The van der Waals surface area contributed by atoms with Crippen molar-refractivity contribution in [2.24, 2.45) is 0 Å². The molecule has 0 atom stereocenters. The number of carbonyl (C=O) groups is 1. The van der Waals surface area contributed by atoms with Gasteiger partial charge >= 0.3 is 0 Å². The Hall–Kier alpha value is -3.26. The van der Waals surface area contributed by atoms with Gasteiger partial charge in [-0.1, -0.05) is 78.9 Å². The van der Waals surface area contributed by atoms with Crippen molar-refractivity contribution in [3.8, 4) is 0 Å². The molecule has 3 aromatic carbocycles. The average molecular weight is 423 g/mol. The Morgan fingerprint density at radius 2 is 1.44 bits per heavy atom. The number of rotatable bonds is 7. The van der Waals surface area contributed by atoms with Crippen molar-refractivity contribution in [3.63, 3.8) is 0 Å². The van der Waals surface area contributed by atoms with Crippen molar-refractivity contribution >= 4 is 23.3 Å². The van der Waals surface area contributed by atoms with Gasteiger partial charge in [0.1, 0.15) is 5.78 Å². The van der Waals surface area contributed by atoms with Gasteiger partial charge in [0.15, 0.2) is 12.3 Å². The number of allylic oxidation sites excluding steroid dienone is 1. The van der Waals surface area contributed by atoms with Crippen LogP contribution in [0.15, 0.2) is 91.0 Å². The summed E-state index contributed by atoms with van der Waals surface area (Å²) < 4.78 is 2.34. The zero-order valence-electron chi connectivity index (χ0n) is 19.5. The van der Waals surface area contributed by atoms with Gasteiger partial charge in [-0.2, -0.15) is 4.58 Å². The Balaban J connectivity index is 1.66. The molecule has 0 saturated heterocycles. The number of benzene rings is 3. The number of ketones is 1. The van der Waals surface area contributed by atoms with Crippen LogP contribution in [-0.2, 0) is 15.6 Å². The minimum atomic E-state index is -0.504. The van der Waals surface area contributed by atoms with Crippen LogP contribution >= 0.6 is 0 Å². The van der Waals surface area contributed by atoms with Crippen molar-refractivity contribution in [2.45, 2.75) is 44.9 Å². The summed E-state index contributed by atoms with van der Waals surface area (Å²) in [6.07, 6.45) is 4.89. The molecule has 2 heteroatoms. The maximum atomic E-state index is 13.3. The van der Waals surface area contributed by atoms with Crippen molar-refractivity contribution in [1.82, 2.24) is 0 Å². The van der Waals surface area contributed by atoms with Crippen molar-refractivity contribution in [1.29, 1.82) is 0 Å². The molecule has 0 unspecified atom stereocenters. The van der Waals surface area contributed by atoms with E-state index in [1.54, 1.807) is 0 Å². The first-order chi connectivity index (χ1) is 15.3. The Bertz CT molecular complexity index is 1170. The lowest BCUT2D eigenvalue weighted by molar-refractivity contribution is -0.436. The molecule has 0 bridgehead atoms. The van der Waals surface area contributed by atoms with Crippen LogP contribution in [0.3, 0.4) is 0 Å². The van der Waals surface area contributed by atoms with E-state index in [0.29, 0.717) is 13.0 Å². The number of para-hydroxylation sites is 1. The zero-order valence-corrected chi connectivity index (χ0v) is 19.5. The molecule has 1 aliphatic heterocycles. The molecule has 4 rings (SSSR count). The van der Waals surface area contributed by atoms with Gasteiger partial charge in [0.2, 0.25) is 5.69 Å². The summed E-state index contributed by atoms with van der Waals surface area (Å²) in [7, 11) is 0. The molecule has 0 fully saturated rings. The summed E-state index contributed by atoms with van der Waals surface area (Å²) in [4.78, 5) is 13.3. The van der Waals surface area contributed by atoms with Crippen LogP contribution in [0.4, 0.5) is 5.69 Å². The lowest BCUT2D eigenvalue weighted by Crippen LogP contribution is -2.32. The van der Waals surface area contributed by atoms with Crippen LogP contribution < -0.4 is 0 Å². The van der Waals surface area contributed by atoms with Gasteiger partial charge in [-0.15, -0.1) is 0 Å². The molecule has 1 aliphatic rings. The summed E-state index contributed by atoms with van der Waals surface area (Å²) in [5.41, 5.74) is 5.36. The largest absolute Gasteiger partial charge is 0.298 e. The number of Topliss-reactive ketones (excluding diaryl/α,β-unsaturated/α-hetero) is 1. The topological polar surface area (TPSA) is 20.1 Å². The van der Waals surface area contributed by atoms with E-state index in [1.165, 1.54) is 22.5 Å². The van der Waals surface area contributed by atoms with E-state index in [0.717, 1.165) is 5.56 Å². The summed E-state index contributed by atoms with van der Waals surface area (Å²) >= 11 is 0. The quantitative estimate of drug-likeness (QED) is 0.387. The van der Waals surface area contributed by atoms with E-state index in [2.05, 4.69) is 79.1 Å². The van der Waals surface area contributed by atoms with Gasteiger partial charge < -0.3 is 0 Å². The normalized spacial score (nSPS) is 15.2. The molecule has 2 nitrogen and oxygen atoms in total. The number of carbonyl (C=O) groups excluding carboxylic acids is 1. The van der Waals surface area contributed by atoms with Gasteiger partial charge in [-0.25, -0.2) is 0 Å². The molecule has 0 aromatic heterocycles. The standard InChI is InChI=1S/C30H32NO/c1-29(2,24-15-9-6-10-16-24)28(32)21-22-31-26-18-12-11-17-25(26)30(3,4)27(31)20-19-23-13-7-5-8-14-23/h5-20H,21-22H2,1-4H3/q+1/b20-19+. The third kappa shape index (κ3) is 4.10. The molecule has 0 radical (unpaired) electrons. The highest BCUT2D eigenvalue weighted by atomic mass is 16.1. The Labute approximate surface area is 191 Å². The average Bonchev–Trinajstić information content (AvgIpc) is 3.03. The summed E-state index contributed by atoms with van der Waals surface area (Å²) in [6, 6.07) is 29.0. The highest BCUT2D eigenvalue weighted by molar-refractivity contribution is 6.05. The first kappa shape index (κ1) is 22.0. The maximum Gasteiger partial charge on any atom is 0.209 e. The summed E-state index contributed by atoms with van der Waals surface area (Å²) in [6.45, 7) is 9.28. The second-order valence-electron chi connectivity index (χ2n) is 9.59. The van der Waals surface area contributed by atoms with Crippen LogP contribution in [0.5, 0.6) is 0 Å². The molecular formula is C30H32NO+. The molecule has 0 spiro atoms. The van der Waals surface area contributed by atoms with Crippen LogP contribution in [0.25, 0.3) is 6.08 Å². The Morgan fingerprint density at radius 1 is 0.844 bits per heavy atom. The van der Waals surface area contributed by atoms with E-state index in [9.17, 15) is 4.79 Å². The molecule has 0 amide bonds. The summed E-state index contributed by atoms with van der Waals surface area (Å²) in [5.74, 6) is 0.261. The van der Waals surface area contributed by atoms with Crippen molar-refractivity contribution in [2.75, 3.05) is 6.54 Å². The van der Waals surface area contributed by atoms with Gasteiger partial charge in [-0.3, -0.25) is 4.79 Å². The first-order valence-corrected chi connectivity index (χ1v) is 11.4. The maximum absolute atomic E-state index is 13.3. The molecule has 162 valence electrons. The van der Waals surface area contributed by atoms with Crippen LogP contribution in [0.1, 0.15) is 50.8 Å². The number of fused-ring (bicyclic) bond motifs is 1. The predicted octanol–water partition coefficient (Wildman–Crippen LogP) is 6.71. The van der Waals surface area contributed by atoms with E-state index >= 15 is 0 Å². The SMILES string of the molecule is CC(C)(C(=O)CC[N+]1=C(/C=C/c2ccccc2)C(C)(C)c2ccccc21)c1ccccc1. The second kappa shape index (κ2) is 8.70. The van der Waals surface area contributed by atoms with E-state index in [-0.39, 0.29) is 11.2 Å². The minimum absolute atomic E-state index is 0.125. The molecule has 0 saturated carbocycles. The highest BCUT2D eigenvalue weighted by Crippen LogP contribution is 2.40. The minimum Gasteiger partial charge on any atom is -0.298 e. The molecule has 0 N–H and O–H groups in total. The first-order valence-electron chi connectivity index (χ1n) is 11.4. The van der Waals surface area contributed by atoms with Crippen LogP contribution in [0, 0.1) is 0 Å². The lowest BCUT2D eigenvalue weighted by atomic mass is 9.79. The monoisotopic (exact) mass is 422 g/mol. The van der Waals surface area contributed by atoms with E-state index < -0.39 is 5.41 Å². The van der Waals surface area contributed by atoms with Gasteiger partial charge in [0, 0.05) is 23.1 Å². The third-order valence-electron chi connectivity index (χ3n) is 6.79. The van der Waals surface area contributed by atoms with Crippen LogP contribution in [-0.4, -0.2) is 22.6 Å². The van der Waals surface area contributed by atoms with Gasteiger partial charge in [-0.05, 0) is 44.9 Å². The van der Waals surface area contributed by atoms with Crippen LogP contribution in [0.2, 0.25) is 0 Å². The fourth-order valence-electron chi connectivity index (χ4n) is 4.66. The zero-order chi connectivity index (χ0) is 22.8. The van der Waals surface area contributed by atoms with Crippen molar-refractivity contribution in [3.05, 3.63) is 108 Å². The predicted molar refractivity (Wildman–Crippen MR) is 134 cm³/mol. The van der Waals surface area contributed by atoms with Crippen molar-refractivity contribution < 1.29 is 9.37 Å². The Kier molecular flexibility index (Phi) is 5.97. The van der Waals surface area contributed by atoms with E-state index in [1.807, 2.05) is 50.2 Å². The second-order valence-corrected chi connectivity index (χ2v) is 9.59. The number of hydrogen-bond donors (Lipinski definition) is 0. The van der Waals surface area contributed by atoms with Gasteiger partial charge in [0.05, 0.1) is 11.8 Å². The molecule has 1 heterocycles. The fraction of sp³-hybridized carbons (Fsp3) is 0.267. The smallest absolute Gasteiger partial charge is 0.209 e. The molecule has 32 heavy (non-hydrogen) atoms. The molecular weight excluding hydrogens is 390 g/mol. The highest BCUT2D eigenvalue weighted by Gasteiger charge is 2.44. The van der Waals surface area contributed by atoms with Gasteiger partial charge in [0.25, 0.3) is 0 Å². The molecule has 3 aromatic rings. The molecule has 0 aliphatic carbocycles. The third-order valence-corrected chi connectivity index (χ3v) is 6.79. The number of hydrogen-bond acceptors (Lipinski definition) is 1. The summed E-state index contributed by atoms with van der Waals surface area (Å²) in [5, 5.41) is 0. The number of nitrogens with zero attached hydrogens (tertiary/aromatic N) is 1. The Morgan fingerprint density at radius 3 is 2.12 bits per heavy atom. The lowest BCUT2D eigenvalue weighted by Gasteiger charge is -2.23. The van der Waals surface area contributed by atoms with E-state index in [4.69, 9.17) is 0 Å².